The average molecular weight is 1220 g/mol. The number of hydroxylamine groups is 2. The maximum absolute atomic E-state index is 6.42. The van der Waals surface area contributed by atoms with Crippen LogP contribution in [0.15, 0.2) is 182 Å². The number of ether oxygens (including phenoxy) is 1. The minimum Gasteiger partial charge on any atom is -1.00 e. The van der Waals surface area contributed by atoms with Crippen molar-refractivity contribution in [2.75, 3.05) is 26.4 Å². The summed E-state index contributed by atoms with van der Waals surface area (Å²) in [6, 6.07) is 63.0. The quantitative estimate of drug-likeness (QED) is 0.0316. The molecule has 0 amide bonds. The SMILES string of the molecule is C.C.C.C1CCC(COOCCC23CC4CC(CC(C4)C2)C3)OC1.[Br-].[Mg+2].c1ccc(CN(Cc2ccccc2)OCCC23CC4CC(CC(C4)C2)C3)cc1.c1ccc(CNCc2ccccc2)cc1.c1ccc(C[N-]Cc2ccccc2)cc1. The first-order valence-corrected chi connectivity index (χ1v) is 30.8. The van der Waals surface area contributed by atoms with Gasteiger partial charge in [0.05, 0.1) is 19.3 Å². The van der Waals surface area contributed by atoms with Crippen LogP contribution in [0.1, 0.15) is 165 Å². The molecular weight excluding hydrogens is 1110 g/mol. The molecule has 8 bridgehead atoms. The standard InChI is InChI=1S/C26H33NO.C18H30O3.C14H15N.C14H14N.3CH4.BrH.Mg/c1-3-7-21(8-4-1)19-27(20-22-9-5-2-6-10-22)28-12-11-26-16-23-13-24(17-26)15-25(14-23)18-26;1-2-5-19-17(3-1)13-21-20-6-4-18-10-14-7-15(11-18)9-16(8-14)12-18;2*1-3-7-13(8-4-1)11-15-12-14-9-5-2-6-10-14;;;;;/h1-10,23-25H,11-20H2;14-17H,1-13H2;1-10,15H,11-12H2;1-10H,11-12H2;3*1H4;1H;/q;;;-1;;;;;+2/p-1. The molecule has 8 saturated carbocycles. The Bertz CT molecular complexity index is 2320. The van der Waals surface area contributed by atoms with Crippen LogP contribution >= 0.6 is 0 Å². The van der Waals surface area contributed by atoms with E-state index in [2.05, 4.69) is 149 Å². The van der Waals surface area contributed by atoms with Gasteiger partial charge < -0.3 is 32.4 Å². The van der Waals surface area contributed by atoms with E-state index in [1.54, 1.807) is 0 Å². The molecular formula is C75H104BrMgN3O4. The monoisotopic (exact) mass is 1210 g/mol. The summed E-state index contributed by atoms with van der Waals surface area (Å²) >= 11 is 0. The van der Waals surface area contributed by atoms with Gasteiger partial charge in [0, 0.05) is 32.8 Å². The molecule has 9 heteroatoms. The van der Waals surface area contributed by atoms with Crippen LogP contribution in [0.2, 0.25) is 0 Å². The Labute approximate surface area is 536 Å². The van der Waals surface area contributed by atoms with Gasteiger partial charge in [0.15, 0.2) is 0 Å². The van der Waals surface area contributed by atoms with E-state index in [1.165, 1.54) is 136 Å². The molecule has 6 aromatic rings. The van der Waals surface area contributed by atoms with Crippen molar-refractivity contribution in [3.63, 3.8) is 0 Å². The molecule has 6 aromatic carbocycles. The fourth-order valence-corrected chi connectivity index (χ4v) is 15.7. The summed E-state index contributed by atoms with van der Waals surface area (Å²) in [5, 5.41) is 10.1. The van der Waals surface area contributed by atoms with Crippen molar-refractivity contribution >= 4 is 23.1 Å². The zero-order valence-electron chi connectivity index (χ0n) is 48.6. The summed E-state index contributed by atoms with van der Waals surface area (Å²) in [4.78, 5) is 17.3. The number of halogens is 1. The van der Waals surface area contributed by atoms with Gasteiger partial charge in [-0.2, -0.15) is 5.06 Å². The Morgan fingerprint density at radius 3 is 1.14 bits per heavy atom. The van der Waals surface area contributed by atoms with Crippen LogP contribution in [0.5, 0.6) is 0 Å². The Kier molecular flexibility index (Phi) is 32.0. The molecule has 1 heterocycles. The van der Waals surface area contributed by atoms with Crippen molar-refractivity contribution < 1.29 is 36.3 Å². The maximum Gasteiger partial charge on any atom is 2.00 e. The predicted octanol–water partition coefficient (Wildman–Crippen LogP) is 15.6. The van der Waals surface area contributed by atoms with Crippen LogP contribution in [0.25, 0.3) is 5.32 Å². The number of rotatable bonds is 22. The van der Waals surface area contributed by atoms with Crippen LogP contribution in [-0.4, -0.2) is 60.6 Å². The fourth-order valence-electron chi connectivity index (χ4n) is 15.7. The van der Waals surface area contributed by atoms with Gasteiger partial charge in [0.25, 0.3) is 0 Å². The summed E-state index contributed by atoms with van der Waals surface area (Å²) in [5.74, 6) is 6.18. The molecule has 1 saturated heterocycles. The van der Waals surface area contributed by atoms with Crippen LogP contribution in [-0.2, 0) is 58.6 Å². The molecule has 7 nitrogen and oxygen atoms in total. The van der Waals surface area contributed by atoms with E-state index in [1.807, 2.05) is 48.5 Å². The third-order valence-electron chi connectivity index (χ3n) is 18.6. The Balaban J connectivity index is 0.000000208. The van der Waals surface area contributed by atoms with Crippen LogP contribution in [0.4, 0.5) is 0 Å². The molecule has 8 aliphatic carbocycles. The van der Waals surface area contributed by atoms with Gasteiger partial charge >= 0.3 is 23.1 Å². The van der Waals surface area contributed by atoms with Crippen molar-refractivity contribution in [3.05, 3.63) is 221 Å². The van der Waals surface area contributed by atoms with E-state index >= 15 is 0 Å². The van der Waals surface area contributed by atoms with E-state index in [4.69, 9.17) is 19.3 Å². The van der Waals surface area contributed by atoms with E-state index in [0.29, 0.717) is 17.4 Å². The molecule has 1 N–H and O–H groups in total. The van der Waals surface area contributed by atoms with Crippen molar-refractivity contribution in [1.29, 1.82) is 0 Å². The van der Waals surface area contributed by atoms with Gasteiger partial charge in [-0.1, -0.05) is 215 Å². The van der Waals surface area contributed by atoms with Crippen LogP contribution < -0.4 is 22.3 Å². The van der Waals surface area contributed by atoms with Crippen molar-refractivity contribution in [2.45, 2.75) is 177 Å². The van der Waals surface area contributed by atoms with Gasteiger partial charge in [0.1, 0.15) is 6.61 Å². The van der Waals surface area contributed by atoms with Crippen molar-refractivity contribution in [1.82, 2.24) is 10.4 Å². The molecule has 15 rings (SSSR count). The zero-order chi connectivity index (χ0) is 53.6. The van der Waals surface area contributed by atoms with E-state index < -0.39 is 0 Å². The largest absolute Gasteiger partial charge is 2.00 e. The van der Waals surface area contributed by atoms with Gasteiger partial charge in [-0.3, -0.25) is 4.84 Å². The number of benzene rings is 6. The van der Waals surface area contributed by atoms with E-state index in [-0.39, 0.29) is 68.4 Å². The van der Waals surface area contributed by atoms with Gasteiger partial charge in [-0.05, 0) is 178 Å². The van der Waals surface area contributed by atoms with Crippen molar-refractivity contribution in [2.24, 2.45) is 46.3 Å². The summed E-state index contributed by atoms with van der Waals surface area (Å²) in [6.07, 6.45) is 24.3. The smallest absolute Gasteiger partial charge is 1.00 e. The number of nitrogens with zero attached hydrogens (tertiary/aromatic N) is 2. The van der Waals surface area contributed by atoms with Gasteiger partial charge in [-0.25, -0.2) is 9.78 Å². The first-order chi connectivity index (χ1) is 39.0. The first-order valence-electron chi connectivity index (χ1n) is 30.8. The number of hydrogen-bond donors (Lipinski definition) is 1. The summed E-state index contributed by atoms with van der Waals surface area (Å²) < 4.78 is 5.65. The van der Waals surface area contributed by atoms with Gasteiger partial charge in [0.2, 0.25) is 0 Å². The minimum atomic E-state index is 0. The van der Waals surface area contributed by atoms with Crippen molar-refractivity contribution in [3.8, 4) is 0 Å². The minimum absolute atomic E-state index is 0. The predicted molar refractivity (Wildman–Crippen MR) is 347 cm³/mol. The average Bonchev–Trinajstić information content (AvgIpc) is 3.38. The first kappa shape index (κ1) is 71.0. The molecule has 1 atom stereocenters. The van der Waals surface area contributed by atoms with E-state index in [9.17, 15) is 0 Å². The van der Waals surface area contributed by atoms with Crippen LogP contribution in [0.3, 0.4) is 0 Å². The molecule has 1 unspecified atom stereocenters. The molecule has 84 heavy (non-hydrogen) atoms. The van der Waals surface area contributed by atoms with Crippen LogP contribution in [0, 0.1) is 46.3 Å². The molecule has 0 radical (unpaired) electrons. The Hall–Kier alpha value is -3.71. The number of nitrogens with one attached hydrogen (secondary N) is 1. The second-order valence-electron chi connectivity index (χ2n) is 25.1. The molecule has 0 spiro atoms. The summed E-state index contributed by atoms with van der Waals surface area (Å²) in [6.45, 7) is 8.29. The van der Waals surface area contributed by atoms with E-state index in [0.717, 1.165) is 101 Å². The summed E-state index contributed by atoms with van der Waals surface area (Å²) in [7, 11) is 0. The second-order valence-corrected chi connectivity index (χ2v) is 25.1. The normalized spacial score (nSPS) is 25.2. The molecule has 1 aliphatic heterocycles. The number of hydrogen-bond acceptors (Lipinski definition) is 6. The summed E-state index contributed by atoms with van der Waals surface area (Å²) in [5.41, 5.74) is 9.03. The molecule has 452 valence electrons. The molecule has 9 fully saturated rings. The third-order valence-corrected chi connectivity index (χ3v) is 18.6. The Morgan fingerprint density at radius 1 is 0.440 bits per heavy atom. The third kappa shape index (κ3) is 23.1. The van der Waals surface area contributed by atoms with Gasteiger partial charge in [-0.15, -0.1) is 13.1 Å². The fraction of sp³-hybridized carbons (Fsp3) is 0.520. The topological polar surface area (TPSA) is 66.3 Å². The molecule has 0 aromatic heterocycles. The maximum atomic E-state index is 6.42. The second kappa shape index (κ2) is 37.9. The Morgan fingerprint density at radius 2 is 0.786 bits per heavy atom. The molecule has 9 aliphatic rings. The zero-order valence-corrected chi connectivity index (χ0v) is 51.6.